The number of piperidine rings is 1. The lowest BCUT2D eigenvalue weighted by atomic mass is 10.0. The maximum atomic E-state index is 13.9. The molecule has 1 aromatic carbocycles. The number of hydrogen-bond donors (Lipinski definition) is 0. The van der Waals surface area contributed by atoms with E-state index in [1.165, 1.54) is 0 Å². The van der Waals surface area contributed by atoms with Gasteiger partial charge < -0.3 is 9.64 Å². The number of amides is 3. The number of benzene rings is 1. The number of carbonyl (C=O) groups is 2. The zero-order chi connectivity index (χ0) is 25.2. The van der Waals surface area contributed by atoms with E-state index in [1.54, 1.807) is 20.8 Å². The highest BCUT2D eigenvalue weighted by Gasteiger charge is 2.40. The first-order valence-electron chi connectivity index (χ1n) is 11.2. The van der Waals surface area contributed by atoms with Crippen molar-refractivity contribution in [3.05, 3.63) is 40.2 Å². The second-order valence-corrected chi connectivity index (χ2v) is 10.2. The lowest BCUT2D eigenvalue weighted by Crippen LogP contribution is -2.55. The SMILES string of the molecule is C=NC(Cl)=NC1=C(C)CN(c2c(C)cccc2Cl)C(=O)N1C1CCN(C(=O)OC(C)(C)C)CC1. The molecule has 1 saturated heterocycles. The van der Waals surface area contributed by atoms with Crippen molar-refractivity contribution >= 4 is 53.0 Å². The molecule has 0 atom stereocenters. The predicted octanol–water partition coefficient (Wildman–Crippen LogP) is 5.82. The molecule has 2 aliphatic rings. The van der Waals surface area contributed by atoms with Crippen molar-refractivity contribution in [3.63, 3.8) is 0 Å². The normalized spacial score (nSPS) is 18.5. The molecule has 0 N–H and O–H groups in total. The first kappa shape index (κ1) is 26.0. The molecule has 0 saturated carbocycles. The largest absolute Gasteiger partial charge is 0.444 e. The van der Waals surface area contributed by atoms with Gasteiger partial charge >= 0.3 is 12.1 Å². The van der Waals surface area contributed by atoms with Crippen molar-refractivity contribution in [2.24, 2.45) is 9.98 Å². The molecule has 0 radical (unpaired) electrons. The highest BCUT2D eigenvalue weighted by molar-refractivity contribution is 6.65. The van der Waals surface area contributed by atoms with Crippen LogP contribution in [-0.4, -0.2) is 65.2 Å². The standard InChI is InChI=1S/C24H31Cl2N5O3/c1-15-8-7-9-18(25)19(15)30-14-16(2)20(28-21(26)27-6)31(22(30)32)17-10-12-29(13-11-17)23(33)34-24(3,4)5/h7-9,17H,6,10-14H2,1-5H3. The molecule has 0 aromatic heterocycles. The lowest BCUT2D eigenvalue weighted by Gasteiger charge is -2.44. The van der Waals surface area contributed by atoms with E-state index >= 15 is 0 Å². The summed E-state index contributed by atoms with van der Waals surface area (Å²) in [6.45, 7) is 14.0. The number of nitrogens with zero attached hydrogens (tertiary/aromatic N) is 5. The Morgan fingerprint density at radius 3 is 2.41 bits per heavy atom. The first-order valence-corrected chi connectivity index (χ1v) is 11.9. The lowest BCUT2D eigenvalue weighted by molar-refractivity contribution is 0.0174. The fourth-order valence-corrected chi connectivity index (χ4v) is 4.58. The number of halogens is 2. The Labute approximate surface area is 210 Å². The monoisotopic (exact) mass is 507 g/mol. The van der Waals surface area contributed by atoms with Crippen molar-refractivity contribution in [1.82, 2.24) is 9.80 Å². The number of aliphatic imine (C=N–C) groups is 2. The predicted molar refractivity (Wildman–Crippen MR) is 137 cm³/mol. The van der Waals surface area contributed by atoms with Gasteiger partial charge in [0.1, 0.15) is 11.4 Å². The van der Waals surface area contributed by atoms with Crippen LogP contribution in [0.2, 0.25) is 5.02 Å². The highest BCUT2D eigenvalue weighted by Crippen LogP contribution is 2.36. The van der Waals surface area contributed by atoms with E-state index in [0.717, 1.165) is 11.1 Å². The maximum Gasteiger partial charge on any atom is 0.410 e. The fraction of sp³-hybridized carbons (Fsp3) is 0.500. The first-order chi connectivity index (χ1) is 15.9. The molecule has 184 valence electrons. The van der Waals surface area contributed by atoms with E-state index in [0.29, 0.717) is 49.0 Å². The Hall–Kier alpha value is -2.58. The van der Waals surface area contributed by atoms with E-state index in [2.05, 4.69) is 16.7 Å². The Bertz CT molecular complexity index is 1020. The van der Waals surface area contributed by atoms with E-state index in [-0.39, 0.29) is 23.5 Å². The molecule has 2 aliphatic heterocycles. The minimum atomic E-state index is -0.569. The van der Waals surface area contributed by atoms with Crippen LogP contribution in [0.15, 0.2) is 39.6 Å². The molecule has 0 aliphatic carbocycles. The van der Waals surface area contributed by atoms with Crippen LogP contribution in [0.3, 0.4) is 0 Å². The summed E-state index contributed by atoms with van der Waals surface area (Å²) in [7, 11) is 0. The molecule has 0 bridgehead atoms. The number of hydrogen-bond acceptors (Lipinski definition) is 4. The maximum absolute atomic E-state index is 13.9. The van der Waals surface area contributed by atoms with Crippen molar-refractivity contribution in [2.45, 2.75) is 59.1 Å². The van der Waals surface area contributed by atoms with Crippen LogP contribution in [0, 0.1) is 6.92 Å². The third-order valence-electron chi connectivity index (χ3n) is 5.71. The molecule has 8 nitrogen and oxygen atoms in total. The quantitative estimate of drug-likeness (QED) is 0.293. The number of urea groups is 1. The van der Waals surface area contributed by atoms with E-state index in [9.17, 15) is 9.59 Å². The van der Waals surface area contributed by atoms with Crippen LogP contribution >= 0.6 is 23.2 Å². The molecular formula is C24H31Cl2N5O3. The van der Waals surface area contributed by atoms with Crippen molar-refractivity contribution in [2.75, 3.05) is 24.5 Å². The average Bonchev–Trinajstić information content (AvgIpc) is 2.75. The average molecular weight is 508 g/mol. The summed E-state index contributed by atoms with van der Waals surface area (Å²) in [5, 5.41) is 0.458. The Kier molecular flexibility index (Phi) is 7.93. The van der Waals surface area contributed by atoms with Crippen LogP contribution in [0.4, 0.5) is 15.3 Å². The zero-order valence-corrected chi connectivity index (χ0v) is 21.8. The smallest absolute Gasteiger partial charge is 0.410 e. The molecule has 3 amide bonds. The van der Waals surface area contributed by atoms with E-state index in [4.69, 9.17) is 27.9 Å². The number of carbonyl (C=O) groups excluding carboxylic acids is 2. The number of likely N-dealkylation sites (tertiary alicyclic amines) is 1. The van der Waals surface area contributed by atoms with Gasteiger partial charge in [-0.1, -0.05) is 23.7 Å². The molecular weight excluding hydrogens is 477 g/mol. The molecule has 1 aromatic rings. The molecule has 10 heteroatoms. The van der Waals surface area contributed by atoms with Crippen molar-refractivity contribution in [1.29, 1.82) is 0 Å². The summed E-state index contributed by atoms with van der Waals surface area (Å²) >= 11 is 12.6. The summed E-state index contributed by atoms with van der Waals surface area (Å²) in [6, 6.07) is 5.10. The van der Waals surface area contributed by atoms with Gasteiger partial charge in [-0.05, 0) is 83.0 Å². The van der Waals surface area contributed by atoms with Gasteiger partial charge in [0.25, 0.3) is 0 Å². The van der Waals surface area contributed by atoms with Crippen LogP contribution in [0.5, 0.6) is 0 Å². The van der Waals surface area contributed by atoms with E-state index < -0.39 is 5.60 Å². The van der Waals surface area contributed by atoms with Crippen LogP contribution in [-0.2, 0) is 4.74 Å². The van der Waals surface area contributed by atoms with Crippen LogP contribution in [0.1, 0.15) is 46.1 Å². The van der Waals surface area contributed by atoms with Crippen LogP contribution < -0.4 is 4.90 Å². The number of ether oxygens (including phenoxy) is 1. The van der Waals surface area contributed by atoms with Gasteiger partial charge in [0.15, 0.2) is 0 Å². The van der Waals surface area contributed by atoms with Gasteiger partial charge in [-0.15, -0.1) is 0 Å². The van der Waals surface area contributed by atoms with Gasteiger partial charge in [-0.3, -0.25) is 9.80 Å². The topological polar surface area (TPSA) is 77.8 Å². The second-order valence-electron chi connectivity index (χ2n) is 9.49. The Balaban J connectivity index is 1.92. The van der Waals surface area contributed by atoms with Gasteiger partial charge in [-0.2, -0.15) is 0 Å². The van der Waals surface area contributed by atoms with Gasteiger partial charge in [0.05, 0.1) is 17.3 Å². The van der Waals surface area contributed by atoms with Gasteiger partial charge in [0.2, 0.25) is 5.29 Å². The number of para-hydroxylation sites is 1. The molecule has 0 spiro atoms. The van der Waals surface area contributed by atoms with Gasteiger partial charge in [-0.25, -0.2) is 19.6 Å². The summed E-state index contributed by atoms with van der Waals surface area (Å²) in [4.78, 5) is 39.4. The van der Waals surface area contributed by atoms with Crippen molar-refractivity contribution < 1.29 is 14.3 Å². The molecule has 3 rings (SSSR count). The summed E-state index contributed by atoms with van der Waals surface area (Å²) in [5.74, 6) is 0.457. The Morgan fingerprint density at radius 1 is 1.21 bits per heavy atom. The van der Waals surface area contributed by atoms with E-state index in [1.807, 2.05) is 46.8 Å². The summed E-state index contributed by atoms with van der Waals surface area (Å²) in [5.41, 5.74) is 1.84. The fourth-order valence-electron chi connectivity index (χ4n) is 4.18. The number of rotatable bonds is 3. The number of aryl methyl sites for hydroxylation is 1. The highest BCUT2D eigenvalue weighted by atomic mass is 35.5. The van der Waals surface area contributed by atoms with Crippen LogP contribution in [0.25, 0.3) is 0 Å². The molecule has 2 heterocycles. The second kappa shape index (κ2) is 10.4. The minimum Gasteiger partial charge on any atom is -0.444 e. The van der Waals surface area contributed by atoms with Crippen molar-refractivity contribution in [3.8, 4) is 0 Å². The molecule has 0 unspecified atom stereocenters. The zero-order valence-electron chi connectivity index (χ0n) is 20.3. The third kappa shape index (κ3) is 5.73. The summed E-state index contributed by atoms with van der Waals surface area (Å²) < 4.78 is 5.50. The van der Waals surface area contributed by atoms with Gasteiger partial charge in [0, 0.05) is 19.1 Å². The third-order valence-corrected chi connectivity index (χ3v) is 6.22. The Morgan fingerprint density at radius 2 is 1.85 bits per heavy atom. The molecule has 1 fully saturated rings. The summed E-state index contributed by atoms with van der Waals surface area (Å²) in [6.07, 6.45) is 0.769. The minimum absolute atomic E-state index is 0.0410. The molecule has 34 heavy (non-hydrogen) atoms. The number of amidine groups is 1. The number of anilines is 1.